The van der Waals surface area contributed by atoms with E-state index in [9.17, 15) is 8.76 Å². The summed E-state index contributed by atoms with van der Waals surface area (Å²) in [5.41, 5.74) is 3.27. The molecule has 3 heterocycles. The average Bonchev–Trinajstić information content (AvgIpc) is 3.06. The predicted octanol–water partition coefficient (Wildman–Crippen LogP) is 2.00. The third kappa shape index (κ3) is 4.22. The first-order chi connectivity index (χ1) is 14.1. The topological polar surface area (TPSA) is 114 Å². The van der Waals surface area contributed by atoms with Gasteiger partial charge in [0, 0.05) is 29.3 Å². The van der Waals surface area contributed by atoms with Crippen LogP contribution < -0.4 is 14.2 Å². The van der Waals surface area contributed by atoms with Gasteiger partial charge in [-0.05, 0) is 31.0 Å². The molecule has 0 bridgehead atoms. The van der Waals surface area contributed by atoms with Crippen LogP contribution in [0.3, 0.4) is 0 Å². The van der Waals surface area contributed by atoms with E-state index >= 15 is 0 Å². The second-order valence-electron chi connectivity index (χ2n) is 6.37. The fourth-order valence-corrected chi connectivity index (χ4v) is 4.51. The molecule has 0 spiro atoms. The maximum Gasteiger partial charge on any atom is 0.175 e. The summed E-state index contributed by atoms with van der Waals surface area (Å²) in [4.78, 5) is 14.3. The number of ether oxygens (including phenoxy) is 2. The quantitative estimate of drug-likeness (QED) is 0.562. The van der Waals surface area contributed by atoms with E-state index in [4.69, 9.17) is 14.5 Å². The first-order valence-electron chi connectivity index (χ1n) is 9.17. The smallest absolute Gasteiger partial charge is 0.175 e. The van der Waals surface area contributed by atoms with E-state index < -0.39 is 11.3 Å². The predicted molar refractivity (Wildman–Crippen MR) is 108 cm³/mol. The fourth-order valence-electron chi connectivity index (χ4n) is 3.13. The number of fused-ring (bicyclic) bond motifs is 2. The number of hydrogen-bond acceptors (Lipinski definition) is 8. The monoisotopic (exact) mass is 434 g/mol. The molecule has 4 rings (SSSR count). The fraction of sp³-hybridized carbons (Fsp3) is 0.389. The van der Waals surface area contributed by atoms with Gasteiger partial charge in [-0.1, -0.05) is 18.7 Å². The Kier molecular flexibility index (Phi) is 5.99. The van der Waals surface area contributed by atoms with Crippen molar-refractivity contribution in [2.45, 2.75) is 36.9 Å². The second-order valence-corrected chi connectivity index (χ2v) is 8.13. The number of nitrogens with one attached hydrogen (secondary N) is 1. The molecule has 1 atom stereocenters. The number of imidazole rings is 1. The van der Waals surface area contributed by atoms with Gasteiger partial charge in [0.1, 0.15) is 25.1 Å². The minimum atomic E-state index is -2.32. The molecule has 9 nitrogen and oxygen atoms in total. The Balaban J connectivity index is 1.73. The van der Waals surface area contributed by atoms with E-state index in [0.717, 1.165) is 34.1 Å². The number of aromatic nitrogens is 4. The van der Waals surface area contributed by atoms with Gasteiger partial charge in [0.15, 0.2) is 22.3 Å². The summed E-state index contributed by atoms with van der Waals surface area (Å²) < 4.78 is 37.4. The highest BCUT2D eigenvalue weighted by molar-refractivity contribution is 7.99. The van der Waals surface area contributed by atoms with Crippen LogP contribution >= 0.6 is 11.8 Å². The van der Waals surface area contributed by atoms with Crippen molar-refractivity contribution in [1.29, 1.82) is 0 Å². The van der Waals surface area contributed by atoms with Gasteiger partial charge in [0.25, 0.3) is 0 Å². The summed E-state index contributed by atoms with van der Waals surface area (Å²) in [7, 11) is 0. The summed E-state index contributed by atoms with van der Waals surface area (Å²) >= 11 is -0.822. The molecule has 0 saturated heterocycles. The van der Waals surface area contributed by atoms with Crippen molar-refractivity contribution in [2.75, 3.05) is 19.8 Å². The lowest BCUT2D eigenvalue weighted by atomic mass is 10.1. The Morgan fingerprint density at radius 3 is 2.76 bits per heavy atom. The number of hydrogen-bond donors (Lipinski definition) is 1. The summed E-state index contributed by atoms with van der Waals surface area (Å²) in [6, 6.07) is 3.99. The van der Waals surface area contributed by atoms with Crippen LogP contribution in [0.25, 0.3) is 11.2 Å². The summed E-state index contributed by atoms with van der Waals surface area (Å²) in [6.07, 6.45) is 2.32. The zero-order valence-corrected chi connectivity index (χ0v) is 17.6. The molecule has 154 valence electrons. The lowest BCUT2D eigenvalue weighted by molar-refractivity contribution is 0.171. The molecule has 2 aromatic heterocycles. The Morgan fingerprint density at radius 2 is 2.03 bits per heavy atom. The SMILES string of the molecule is CCc1cc2c(cc1Sc1nc3c(C)ncnc3n1CCNS(=O)[O-])OCCO2. The average molecular weight is 435 g/mol. The highest BCUT2D eigenvalue weighted by Gasteiger charge is 2.20. The molecule has 11 heteroatoms. The number of aryl methyl sites for hydroxylation is 2. The summed E-state index contributed by atoms with van der Waals surface area (Å²) in [5, 5.41) is 0.716. The number of nitrogens with zero attached hydrogens (tertiary/aromatic N) is 4. The molecule has 29 heavy (non-hydrogen) atoms. The number of benzene rings is 1. The molecule has 1 unspecified atom stereocenters. The van der Waals surface area contributed by atoms with Crippen molar-refractivity contribution < 1.29 is 18.2 Å². The Morgan fingerprint density at radius 1 is 1.28 bits per heavy atom. The van der Waals surface area contributed by atoms with Gasteiger partial charge in [-0.25, -0.2) is 19.7 Å². The van der Waals surface area contributed by atoms with E-state index in [0.29, 0.717) is 36.1 Å². The van der Waals surface area contributed by atoms with Crippen LogP contribution in [0.5, 0.6) is 11.5 Å². The van der Waals surface area contributed by atoms with Crippen molar-refractivity contribution in [3.05, 3.63) is 29.7 Å². The van der Waals surface area contributed by atoms with E-state index in [1.165, 1.54) is 18.1 Å². The van der Waals surface area contributed by atoms with Gasteiger partial charge in [-0.3, -0.25) is 4.21 Å². The van der Waals surface area contributed by atoms with Crippen LogP contribution in [0, 0.1) is 6.92 Å². The minimum Gasteiger partial charge on any atom is -0.760 e. The maximum atomic E-state index is 10.8. The van der Waals surface area contributed by atoms with Crippen molar-refractivity contribution in [2.24, 2.45) is 0 Å². The standard InChI is InChI=1S/C18H21N5O4S2/c1-3-12-8-13-14(27-7-6-26-13)9-15(12)28-18-22-16-11(2)19-10-20-17(16)23(18)5-4-21-29(24)25/h8-10,21H,3-7H2,1-2H3,(H,24,25)/p-1. The minimum absolute atomic E-state index is 0.236. The van der Waals surface area contributed by atoms with E-state index in [-0.39, 0.29) is 6.54 Å². The second kappa shape index (κ2) is 8.66. The van der Waals surface area contributed by atoms with Crippen LogP contribution in [-0.4, -0.2) is 48.0 Å². The summed E-state index contributed by atoms with van der Waals surface area (Å²) in [5.74, 6) is 1.48. The van der Waals surface area contributed by atoms with Crippen molar-refractivity contribution >= 4 is 34.2 Å². The van der Waals surface area contributed by atoms with Gasteiger partial charge < -0.3 is 18.6 Å². The van der Waals surface area contributed by atoms with Crippen LogP contribution in [0.2, 0.25) is 0 Å². The zero-order valence-electron chi connectivity index (χ0n) is 16.0. The molecule has 0 saturated carbocycles. The molecule has 3 aromatic rings. The van der Waals surface area contributed by atoms with Crippen molar-refractivity contribution in [3.8, 4) is 11.5 Å². The van der Waals surface area contributed by atoms with Gasteiger partial charge in [-0.15, -0.1) is 0 Å². The highest BCUT2D eigenvalue weighted by Crippen LogP contribution is 2.40. The highest BCUT2D eigenvalue weighted by atomic mass is 32.2. The first kappa shape index (κ1) is 20.1. The molecule has 1 N–H and O–H groups in total. The molecule has 1 aliphatic heterocycles. The van der Waals surface area contributed by atoms with E-state index in [2.05, 4.69) is 21.6 Å². The lowest BCUT2D eigenvalue weighted by Crippen LogP contribution is -2.22. The Bertz CT molecular complexity index is 1070. The zero-order chi connectivity index (χ0) is 20.4. The molecular weight excluding hydrogens is 414 g/mol. The van der Waals surface area contributed by atoms with Gasteiger partial charge in [-0.2, -0.15) is 0 Å². The molecular formula is C18H20N5O4S2-. The molecule has 0 aliphatic carbocycles. The molecule has 1 aromatic carbocycles. The maximum absolute atomic E-state index is 10.8. The molecule has 0 fully saturated rings. The van der Waals surface area contributed by atoms with Crippen LogP contribution in [0.1, 0.15) is 18.2 Å². The molecule has 0 amide bonds. The van der Waals surface area contributed by atoms with Crippen LogP contribution in [0.4, 0.5) is 0 Å². The lowest BCUT2D eigenvalue weighted by Gasteiger charge is -2.20. The van der Waals surface area contributed by atoms with Crippen molar-refractivity contribution in [3.63, 3.8) is 0 Å². The van der Waals surface area contributed by atoms with E-state index in [1.807, 2.05) is 23.6 Å². The number of rotatable bonds is 7. The van der Waals surface area contributed by atoms with Crippen LogP contribution in [0.15, 0.2) is 28.5 Å². The van der Waals surface area contributed by atoms with Gasteiger partial charge >= 0.3 is 0 Å². The molecule has 1 aliphatic rings. The largest absolute Gasteiger partial charge is 0.760 e. The van der Waals surface area contributed by atoms with E-state index in [1.54, 1.807) is 0 Å². The normalized spacial score (nSPS) is 14.3. The Labute approximate surface area is 174 Å². The van der Waals surface area contributed by atoms with Gasteiger partial charge in [0.05, 0.1) is 5.69 Å². The third-order valence-electron chi connectivity index (χ3n) is 4.54. The van der Waals surface area contributed by atoms with Crippen LogP contribution in [-0.2, 0) is 24.2 Å². The summed E-state index contributed by atoms with van der Waals surface area (Å²) in [6.45, 7) is 5.66. The van der Waals surface area contributed by atoms with Crippen molar-refractivity contribution in [1.82, 2.24) is 24.2 Å². The first-order valence-corrected chi connectivity index (χ1v) is 11.1. The molecule has 0 radical (unpaired) electrons. The van der Waals surface area contributed by atoms with Gasteiger partial charge in [0.2, 0.25) is 0 Å². The third-order valence-corrected chi connectivity index (χ3v) is 6.08. The Hall–Kier alpha value is -2.21.